The number of halogens is 1. The van der Waals surface area contributed by atoms with Crippen LogP contribution in [-0.4, -0.2) is 27.1 Å². The van der Waals surface area contributed by atoms with Crippen LogP contribution in [0, 0.1) is 0 Å². The molecule has 28 heavy (non-hydrogen) atoms. The fourth-order valence-corrected chi connectivity index (χ4v) is 5.20. The number of hydrogen-bond acceptors (Lipinski definition) is 5. The van der Waals surface area contributed by atoms with Crippen LogP contribution in [0.2, 0.25) is 5.02 Å². The molecular formula is C19H20ClN3O3S2. The molecule has 0 spiro atoms. The molecule has 1 atom stereocenters. The van der Waals surface area contributed by atoms with Gasteiger partial charge in [-0.3, -0.25) is 4.79 Å². The van der Waals surface area contributed by atoms with E-state index in [9.17, 15) is 13.2 Å². The van der Waals surface area contributed by atoms with Gasteiger partial charge in [-0.2, -0.15) is 0 Å². The molecule has 9 heteroatoms. The van der Waals surface area contributed by atoms with E-state index in [0.717, 1.165) is 10.1 Å². The van der Waals surface area contributed by atoms with Gasteiger partial charge >= 0.3 is 0 Å². The molecule has 3 aromatic rings. The monoisotopic (exact) mass is 437 g/mol. The van der Waals surface area contributed by atoms with Crippen molar-refractivity contribution in [3.8, 4) is 0 Å². The first-order valence-corrected chi connectivity index (χ1v) is 11.3. The van der Waals surface area contributed by atoms with Crippen LogP contribution in [0.25, 0.3) is 10.1 Å². The summed E-state index contributed by atoms with van der Waals surface area (Å²) in [7, 11) is -2.13. The predicted octanol–water partition coefficient (Wildman–Crippen LogP) is 3.53. The molecule has 0 unspecified atom stereocenters. The van der Waals surface area contributed by atoms with Crippen molar-refractivity contribution in [1.82, 2.24) is 4.72 Å². The van der Waals surface area contributed by atoms with Gasteiger partial charge in [-0.05, 0) is 72.8 Å². The topological polar surface area (TPSA) is 101 Å². The van der Waals surface area contributed by atoms with Crippen molar-refractivity contribution >= 4 is 54.6 Å². The standard InChI is InChI=1S/C19H20ClN3O3S2/c1-19(21,11-28(25,26)22-2)16-10-27-17-8-7-14(9-15(16)17)23-18(24)12-3-5-13(20)6-4-12/h3-10,22H,11,21H2,1-2H3,(H,23,24)/t19-/m0/s1. The number of rotatable bonds is 6. The van der Waals surface area contributed by atoms with E-state index in [0.29, 0.717) is 21.8 Å². The maximum absolute atomic E-state index is 12.4. The number of benzene rings is 2. The van der Waals surface area contributed by atoms with E-state index >= 15 is 0 Å². The molecule has 0 saturated heterocycles. The number of nitrogens with one attached hydrogen (secondary N) is 2. The van der Waals surface area contributed by atoms with Gasteiger partial charge < -0.3 is 11.1 Å². The molecule has 3 rings (SSSR count). The van der Waals surface area contributed by atoms with Crippen molar-refractivity contribution in [2.45, 2.75) is 12.5 Å². The Kier molecular flexibility index (Phi) is 5.79. The molecule has 6 nitrogen and oxygen atoms in total. The fourth-order valence-electron chi connectivity index (χ4n) is 2.90. The van der Waals surface area contributed by atoms with E-state index in [-0.39, 0.29) is 11.7 Å². The Morgan fingerprint density at radius 1 is 1.21 bits per heavy atom. The van der Waals surface area contributed by atoms with Crippen LogP contribution < -0.4 is 15.8 Å². The summed E-state index contributed by atoms with van der Waals surface area (Å²) in [5, 5.41) is 6.08. The first-order valence-electron chi connectivity index (χ1n) is 8.40. The number of anilines is 1. The first-order chi connectivity index (χ1) is 13.1. The number of sulfonamides is 1. The van der Waals surface area contributed by atoms with Crippen molar-refractivity contribution in [2.75, 3.05) is 18.1 Å². The highest BCUT2D eigenvalue weighted by molar-refractivity contribution is 7.89. The van der Waals surface area contributed by atoms with Crippen LogP contribution in [0.5, 0.6) is 0 Å². The van der Waals surface area contributed by atoms with E-state index < -0.39 is 15.6 Å². The quantitative estimate of drug-likeness (QED) is 0.549. The lowest BCUT2D eigenvalue weighted by Crippen LogP contribution is -2.43. The molecule has 0 bridgehead atoms. The van der Waals surface area contributed by atoms with Gasteiger partial charge in [-0.25, -0.2) is 13.1 Å². The average Bonchev–Trinajstić information content (AvgIpc) is 3.05. The largest absolute Gasteiger partial charge is 0.322 e. The van der Waals surface area contributed by atoms with Gasteiger partial charge in [0, 0.05) is 21.0 Å². The van der Waals surface area contributed by atoms with Gasteiger partial charge in [-0.15, -0.1) is 11.3 Å². The summed E-state index contributed by atoms with van der Waals surface area (Å²) in [6.45, 7) is 1.68. The van der Waals surface area contributed by atoms with Gasteiger partial charge in [0.05, 0.1) is 11.3 Å². The number of fused-ring (bicyclic) bond motifs is 1. The van der Waals surface area contributed by atoms with Crippen molar-refractivity contribution in [2.24, 2.45) is 5.73 Å². The summed E-state index contributed by atoms with van der Waals surface area (Å²) in [6.07, 6.45) is 0. The van der Waals surface area contributed by atoms with Crippen molar-refractivity contribution in [3.05, 3.63) is 64.0 Å². The summed E-state index contributed by atoms with van der Waals surface area (Å²) in [5.74, 6) is -0.509. The zero-order valence-electron chi connectivity index (χ0n) is 15.3. The Hall–Kier alpha value is -1.97. The van der Waals surface area contributed by atoms with Gasteiger partial charge in [0.25, 0.3) is 5.91 Å². The van der Waals surface area contributed by atoms with Gasteiger partial charge in [-0.1, -0.05) is 11.6 Å². The average molecular weight is 438 g/mol. The van der Waals surface area contributed by atoms with Crippen LogP contribution in [0.15, 0.2) is 47.8 Å². The minimum atomic E-state index is -3.49. The van der Waals surface area contributed by atoms with Crippen molar-refractivity contribution in [3.63, 3.8) is 0 Å². The van der Waals surface area contributed by atoms with Crippen LogP contribution in [0.1, 0.15) is 22.8 Å². The third-order valence-corrected chi connectivity index (χ3v) is 7.17. The first kappa shape index (κ1) is 20.8. The molecule has 0 aliphatic rings. The molecule has 0 aliphatic heterocycles. The highest BCUT2D eigenvalue weighted by Gasteiger charge is 2.30. The highest BCUT2D eigenvalue weighted by Crippen LogP contribution is 2.35. The normalized spacial score (nSPS) is 14.0. The number of hydrogen-bond donors (Lipinski definition) is 3. The van der Waals surface area contributed by atoms with Crippen LogP contribution in [-0.2, 0) is 15.6 Å². The lowest BCUT2D eigenvalue weighted by molar-refractivity contribution is 0.102. The molecule has 1 aromatic heterocycles. The number of thiophene rings is 1. The molecule has 0 saturated carbocycles. The maximum atomic E-state index is 12.4. The Bertz CT molecular complexity index is 1120. The Balaban J connectivity index is 1.92. The fraction of sp³-hybridized carbons (Fsp3) is 0.211. The molecule has 4 N–H and O–H groups in total. The second-order valence-electron chi connectivity index (χ2n) is 6.70. The lowest BCUT2D eigenvalue weighted by Gasteiger charge is -2.24. The zero-order chi connectivity index (χ0) is 20.5. The Morgan fingerprint density at radius 2 is 1.89 bits per heavy atom. The third kappa shape index (κ3) is 4.53. The van der Waals surface area contributed by atoms with Gasteiger partial charge in [0.2, 0.25) is 10.0 Å². The minimum Gasteiger partial charge on any atom is -0.322 e. The molecule has 1 heterocycles. The molecule has 2 aromatic carbocycles. The van der Waals surface area contributed by atoms with Crippen molar-refractivity contribution in [1.29, 1.82) is 0 Å². The SMILES string of the molecule is CNS(=O)(=O)C[C@](C)(N)c1csc2ccc(NC(=O)c3ccc(Cl)cc3)cc12. The summed E-state index contributed by atoms with van der Waals surface area (Å²) < 4.78 is 27.2. The number of carbonyl (C=O) groups excluding carboxylic acids is 1. The summed E-state index contributed by atoms with van der Waals surface area (Å²) in [5.41, 5.74) is 7.07. The van der Waals surface area contributed by atoms with Crippen molar-refractivity contribution < 1.29 is 13.2 Å². The number of carbonyl (C=O) groups is 1. The van der Waals surface area contributed by atoms with E-state index in [1.165, 1.54) is 18.4 Å². The summed E-state index contributed by atoms with van der Waals surface area (Å²) >= 11 is 7.33. The molecule has 0 aliphatic carbocycles. The predicted molar refractivity (Wildman–Crippen MR) is 116 cm³/mol. The molecule has 148 valence electrons. The van der Waals surface area contributed by atoms with Gasteiger partial charge in [0.15, 0.2) is 0 Å². The zero-order valence-corrected chi connectivity index (χ0v) is 17.7. The third-order valence-electron chi connectivity index (χ3n) is 4.35. The number of nitrogens with two attached hydrogens (primary N) is 1. The van der Waals surface area contributed by atoms with E-state index in [1.807, 2.05) is 17.5 Å². The van der Waals surface area contributed by atoms with Crippen LogP contribution in [0.3, 0.4) is 0 Å². The molecule has 1 amide bonds. The summed E-state index contributed by atoms with van der Waals surface area (Å²) in [6, 6.07) is 12.1. The minimum absolute atomic E-state index is 0.246. The summed E-state index contributed by atoms with van der Waals surface area (Å²) in [4.78, 5) is 12.4. The maximum Gasteiger partial charge on any atom is 0.255 e. The number of amides is 1. The van der Waals surface area contributed by atoms with E-state index in [4.69, 9.17) is 17.3 Å². The smallest absolute Gasteiger partial charge is 0.255 e. The second kappa shape index (κ2) is 7.81. The van der Waals surface area contributed by atoms with E-state index in [1.54, 1.807) is 37.3 Å². The lowest BCUT2D eigenvalue weighted by atomic mass is 9.95. The molecule has 0 radical (unpaired) electrons. The second-order valence-corrected chi connectivity index (χ2v) is 9.98. The highest BCUT2D eigenvalue weighted by atomic mass is 35.5. The van der Waals surface area contributed by atoms with Gasteiger partial charge in [0.1, 0.15) is 0 Å². The van der Waals surface area contributed by atoms with Crippen LogP contribution >= 0.6 is 22.9 Å². The van der Waals surface area contributed by atoms with E-state index in [2.05, 4.69) is 10.0 Å². The van der Waals surface area contributed by atoms with Crippen LogP contribution in [0.4, 0.5) is 5.69 Å². The molecular weight excluding hydrogens is 418 g/mol. The Morgan fingerprint density at radius 3 is 2.54 bits per heavy atom. The molecule has 0 fully saturated rings. The Labute approximate surface area is 172 Å².